The Morgan fingerprint density at radius 2 is 2.07 bits per heavy atom. The lowest BCUT2D eigenvalue weighted by molar-refractivity contribution is 0.418. The lowest BCUT2D eigenvalue weighted by Crippen LogP contribution is -2.29. The zero-order valence-corrected chi connectivity index (χ0v) is 9.78. The van der Waals surface area contributed by atoms with Crippen molar-refractivity contribution in [2.45, 2.75) is 20.8 Å². The predicted molar refractivity (Wildman–Crippen MR) is 61.7 cm³/mol. The highest BCUT2D eigenvalue weighted by Crippen LogP contribution is 2.18. The van der Waals surface area contributed by atoms with Gasteiger partial charge in [0.1, 0.15) is 17.6 Å². The van der Waals surface area contributed by atoms with E-state index in [4.69, 9.17) is 5.26 Å². The fraction of sp³-hybridized carbons (Fsp3) is 0.500. The van der Waals surface area contributed by atoms with Crippen LogP contribution < -0.4 is 4.90 Å². The molecule has 1 heterocycles. The molecule has 0 amide bonds. The van der Waals surface area contributed by atoms with Crippen LogP contribution in [0.3, 0.4) is 0 Å². The van der Waals surface area contributed by atoms with E-state index >= 15 is 0 Å². The molecule has 3 heteroatoms. The number of rotatable bonds is 2. The molecular weight excluding hydrogens is 186 g/mol. The van der Waals surface area contributed by atoms with Gasteiger partial charge < -0.3 is 4.90 Å². The van der Waals surface area contributed by atoms with Crippen LogP contribution in [0.25, 0.3) is 0 Å². The molecule has 1 aromatic rings. The molecule has 15 heavy (non-hydrogen) atoms. The van der Waals surface area contributed by atoms with Gasteiger partial charge in [0.25, 0.3) is 0 Å². The van der Waals surface area contributed by atoms with Crippen molar-refractivity contribution >= 4 is 5.82 Å². The van der Waals surface area contributed by atoms with E-state index in [0.29, 0.717) is 5.69 Å². The van der Waals surface area contributed by atoms with E-state index in [2.05, 4.69) is 30.7 Å². The van der Waals surface area contributed by atoms with Gasteiger partial charge in [-0.05, 0) is 17.5 Å². The third-order valence-electron chi connectivity index (χ3n) is 1.95. The molecule has 0 spiro atoms. The quantitative estimate of drug-likeness (QED) is 0.741. The molecule has 0 aliphatic carbocycles. The third kappa shape index (κ3) is 3.59. The second kappa shape index (κ2) is 4.31. The summed E-state index contributed by atoms with van der Waals surface area (Å²) < 4.78 is 0. The van der Waals surface area contributed by atoms with Crippen molar-refractivity contribution in [1.29, 1.82) is 5.26 Å². The molecule has 1 rings (SSSR count). The molecule has 0 atom stereocenters. The maximum atomic E-state index is 8.75. The first-order chi connectivity index (χ1) is 6.92. The van der Waals surface area contributed by atoms with E-state index in [9.17, 15) is 0 Å². The van der Waals surface area contributed by atoms with Crippen LogP contribution in [0.1, 0.15) is 26.5 Å². The summed E-state index contributed by atoms with van der Waals surface area (Å²) in [7, 11) is 1.99. The molecule has 0 bridgehead atoms. The van der Waals surface area contributed by atoms with Gasteiger partial charge in [-0.15, -0.1) is 0 Å². The van der Waals surface area contributed by atoms with Crippen LogP contribution in [0.15, 0.2) is 18.2 Å². The van der Waals surface area contributed by atoms with E-state index in [1.54, 1.807) is 6.07 Å². The summed E-state index contributed by atoms with van der Waals surface area (Å²) >= 11 is 0. The van der Waals surface area contributed by atoms with E-state index in [-0.39, 0.29) is 5.41 Å². The minimum Gasteiger partial charge on any atom is -0.359 e. The summed E-state index contributed by atoms with van der Waals surface area (Å²) in [4.78, 5) is 6.31. The molecular formula is C12H17N3. The lowest BCUT2D eigenvalue weighted by Gasteiger charge is -2.27. The summed E-state index contributed by atoms with van der Waals surface area (Å²) in [5.74, 6) is 0.851. The molecule has 0 radical (unpaired) electrons. The van der Waals surface area contributed by atoms with E-state index < -0.39 is 0 Å². The monoisotopic (exact) mass is 203 g/mol. The molecule has 3 nitrogen and oxygen atoms in total. The van der Waals surface area contributed by atoms with Crippen LogP contribution in [-0.2, 0) is 0 Å². The summed E-state index contributed by atoms with van der Waals surface area (Å²) in [6.07, 6.45) is 0. The molecule has 0 fully saturated rings. The Morgan fingerprint density at radius 1 is 1.40 bits per heavy atom. The Labute approximate surface area is 91.4 Å². The Morgan fingerprint density at radius 3 is 2.60 bits per heavy atom. The summed E-state index contributed by atoms with van der Waals surface area (Å²) in [6, 6.07) is 7.55. The summed E-state index contributed by atoms with van der Waals surface area (Å²) in [5, 5.41) is 8.75. The van der Waals surface area contributed by atoms with Crippen LogP contribution in [-0.4, -0.2) is 18.6 Å². The maximum absolute atomic E-state index is 8.75. The zero-order chi connectivity index (χ0) is 11.5. The van der Waals surface area contributed by atoms with Gasteiger partial charge in [-0.3, -0.25) is 0 Å². The minimum atomic E-state index is 0.221. The number of nitrogens with zero attached hydrogens (tertiary/aromatic N) is 3. The third-order valence-corrected chi connectivity index (χ3v) is 1.95. The van der Waals surface area contributed by atoms with Crippen molar-refractivity contribution in [2.75, 3.05) is 18.5 Å². The number of aromatic nitrogens is 1. The van der Waals surface area contributed by atoms with E-state index in [1.807, 2.05) is 25.2 Å². The van der Waals surface area contributed by atoms with Gasteiger partial charge in [0.05, 0.1) is 0 Å². The largest absolute Gasteiger partial charge is 0.359 e. The number of hydrogen-bond donors (Lipinski definition) is 0. The van der Waals surface area contributed by atoms with Gasteiger partial charge in [0, 0.05) is 13.6 Å². The molecule has 0 N–H and O–H groups in total. The predicted octanol–water partition coefficient (Wildman–Crippen LogP) is 2.44. The zero-order valence-electron chi connectivity index (χ0n) is 9.78. The van der Waals surface area contributed by atoms with Crippen LogP contribution in [0.2, 0.25) is 0 Å². The molecule has 0 saturated heterocycles. The SMILES string of the molecule is CN(CC(C)(C)C)c1cccc(C#N)n1. The molecule has 0 aliphatic rings. The van der Waals surface area contributed by atoms with Gasteiger partial charge >= 0.3 is 0 Å². The van der Waals surface area contributed by atoms with Crippen molar-refractivity contribution in [3.8, 4) is 6.07 Å². The number of nitriles is 1. The second-order valence-electron chi connectivity index (χ2n) is 4.91. The van der Waals surface area contributed by atoms with Crippen LogP contribution >= 0.6 is 0 Å². The standard InChI is InChI=1S/C12H17N3/c1-12(2,3)9-15(4)11-7-5-6-10(8-13)14-11/h5-7H,9H2,1-4H3. The smallest absolute Gasteiger partial charge is 0.142 e. The molecule has 0 aromatic carbocycles. The lowest BCUT2D eigenvalue weighted by atomic mass is 9.96. The number of pyridine rings is 1. The Bertz CT molecular complexity index is 371. The van der Waals surface area contributed by atoms with Crippen molar-refractivity contribution < 1.29 is 0 Å². The first-order valence-corrected chi connectivity index (χ1v) is 5.01. The van der Waals surface area contributed by atoms with E-state index in [0.717, 1.165) is 12.4 Å². The van der Waals surface area contributed by atoms with Gasteiger partial charge in [-0.2, -0.15) is 5.26 Å². The summed E-state index contributed by atoms with van der Waals surface area (Å²) in [6.45, 7) is 7.45. The second-order valence-corrected chi connectivity index (χ2v) is 4.91. The normalized spacial score (nSPS) is 10.9. The van der Waals surface area contributed by atoms with E-state index in [1.165, 1.54) is 0 Å². The van der Waals surface area contributed by atoms with Crippen LogP contribution in [0.5, 0.6) is 0 Å². The maximum Gasteiger partial charge on any atom is 0.142 e. The first kappa shape index (κ1) is 11.5. The molecule has 0 unspecified atom stereocenters. The fourth-order valence-corrected chi connectivity index (χ4v) is 1.49. The van der Waals surface area contributed by atoms with Gasteiger partial charge in [0.15, 0.2) is 0 Å². The van der Waals surface area contributed by atoms with Crippen molar-refractivity contribution in [3.63, 3.8) is 0 Å². The van der Waals surface area contributed by atoms with Crippen LogP contribution in [0.4, 0.5) is 5.82 Å². The number of anilines is 1. The number of hydrogen-bond acceptors (Lipinski definition) is 3. The van der Waals surface area contributed by atoms with Gasteiger partial charge in [0.2, 0.25) is 0 Å². The Kier molecular flexibility index (Phi) is 3.31. The summed E-state index contributed by atoms with van der Waals surface area (Å²) in [5.41, 5.74) is 0.687. The molecule has 0 saturated carbocycles. The average molecular weight is 203 g/mol. The Balaban J connectivity index is 2.83. The first-order valence-electron chi connectivity index (χ1n) is 5.01. The van der Waals surface area contributed by atoms with Gasteiger partial charge in [-0.1, -0.05) is 26.8 Å². The average Bonchev–Trinajstić information content (AvgIpc) is 2.15. The van der Waals surface area contributed by atoms with Crippen molar-refractivity contribution in [1.82, 2.24) is 4.98 Å². The van der Waals surface area contributed by atoms with Crippen molar-refractivity contribution in [2.24, 2.45) is 5.41 Å². The fourth-order valence-electron chi connectivity index (χ4n) is 1.49. The highest BCUT2D eigenvalue weighted by atomic mass is 15.2. The molecule has 80 valence electrons. The van der Waals surface area contributed by atoms with Crippen LogP contribution in [0, 0.1) is 16.7 Å². The topological polar surface area (TPSA) is 39.9 Å². The highest BCUT2D eigenvalue weighted by Gasteiger charge is 2.14. The highest BCUT2D eigenvalue weighted by molar-refractivity contribution is 5.40. The minimum absolute atomic E-state index is 0.221. The Hall–Kier alpha value is -1.56. The van der Waals surface area contributed by atoms with Gasteiger partial charge in [-0.25, -0.2) is 4.98 Å². The molecule has 0 aliphatic heterocycles. The van der Waals surface area contributed by atoms with Crippen molar-refractivity contribution in [3.05, 3.63) is 23.9 Å². The molecule has 1 aromatic heterocycles.